The standard InChI is InChI=1S/C15H22N2OS/c1-4-15(18)17-14-7-5-6-13(11(14)3)16-12-8-10(2)19-9-12/h5-7,10,12,16H,4,8-9H2,1-3H3,(H,17,18). The molecule has 0 bridgehead atoms. The zero-order chi connectivity index (χ0) is 13.8. The number of hydrogen-bond donors (Lipinski definition) is 2. The predicted molar refractivity (Wildman–Crippen MR) is 84.0 cm³/mol. The molecule has 0 radical (unpaired) electrons. The van der Waals surface area contributed by atoms with Gasteiger partial charge in [-0.2, -0.15) is 11.8 Å². The van der Waals surface area contributed by atoms with Crippen molar-refractivity contribution < 1.29 is 4.79 Å². The number of rotatable bonds is 4. The molecule has 1 fully saturated rings. The number of amides is 1. The fourth-order valence-electron chi connectivity index (χ4n) is 2.30. The Bertz CT molecular complexity index is 461. The highest BCUT2D eigenvalue weighted by molar-refractivity contribution is 8.00. The number of carbonyl (C=O) groups excluding carboxylic acids is 1. The van der Waals surface area contributed by atoms with Crippen molar-refractivity contribution in [2.75, 3.05) is 16.4 Å². The van der Waals surface area contributed by atoms with E-state index in [9.17, 15) is 4.79 Å². The van der Waals surface area contributed by atoms with Gasteiger partial charge in [-0.05, 0) is 31.0 Å². The second-order valence-corrected chi connectivity index (χ2v) is 6.57. The van der Waals surface area contributed by atoms with E-state index >= 15 is 0 Å². The summed E-state index contributed by atoms with van der Waals surface area (Å²) in [5.41, 5.74) is 3.16. The highest BCUT2D eigenvalue weighted by atomic mass is 32.2. The maximum Gasteiger partial charge on any atom is 0.224 e. The Balaban J connectivity index is 2.08. The van der Waals surface area contributed by atoms with Crippen molar-refractivity contribution >= 4 is 29.0 Å². The molecular weight excluding hydrogens is 256 g/mol. The number of thioether (sulfide) groups is 1. The summed E-state index contributed by atoms with van der Waals surface area (Å²) in [7, 11) is 0. The molecule has 1 aliphatic heterocycles. The van der Waals surface area contributed by atoms with Crippen LogP contribution in [0.25, 0.3) is 0 Å². The topological polar surface area (TPSA) is 41.1 Å². The van der Waals surface area contributed by atoms with Crippen LogP contribution in [0.15, 0.2) is 18.2 Å². The summed E-state index contributed by atoms with van der Waals surface area (Å²) < 4.78 is 0. The number of hydrogen-bond acceptors (Lipinski definition) is 3. The lowest BCUT2D eigenvalue weighted by Gasteiger charge is -2.18. The van der Waals surface area contributed by atoms with E-state index in [4.69, 9.17) is 0 Å². The lowest BCUT2D eigenvalue weighted by molar-refractivity contribution is -0.115. The van der Waals surface area contributed by atoms with E-state index in [1.54, 1.807) is 0 Å². The van der Waals surface area contributed by atoms with Crippen molar-refractivity contribution in [1.82, 2.24) is 0 Å². The third kappa shape index (κ3) is 3.66. The van der Waals surface area contributed by atoms with E-state index in [2.05, 4.69) is 30.5 Å². The molecule has 1 saturated heterocycles. The molecule has 0 aromatic heterocycles. The van der Waals surface area contributed by atoms with Gasteiger partial charge in [0.25, 0.3) is 0 Å². The zero-order valence-corrected chi connectivity index (χ0v) is 12.6. The predicted octanol–water partition coefficient (Wildman–Crippen LogP) is 3.65. The summed E-state index contributed by atoms with van der Waals surface area (Å²) in [5.74, 6) is 1.22. The van der Waals surface area contributed by atoms with Crippen LogP contribution in [0.5, 0.6) is 0 Å². The van der Waals surface area contributed by atoms with Gasteiger partial charge < -0.3 is 10.6 Å². The molecule has 0 saturated carbocycles. The quantitative estimate of drug-likeness (QED) is 0.883. The van der Waals surface area contributed by atoms with Gasteiger partial charge in [0.1, 0.15) is 0 Å². The molecule has 1 heterocycles. The Labute approximate surface area is 119 Å². The van der Waals surface area contributed by atoms with Crippen LogP contribution in [0.2, 0.25) is 0 Å². The zero-order valence-electron chi connectivity index (χ0n) is 11.8. The highest BCUT2D eigenvalue weighted by Crippen LogP contribution is 2.30. The van der Waals surface area contributed by atoms with E-state index in [0.29, 0.717) is 12.5 Å². The van der Waals surface area contributed by atoms with Gasteiger partial charge in [-0.3, -0.25) is 4.79 Å². The van der Waals surface area contributed by atoms with Crippen molar-refractivity contribution in [3.05, 3.63) is 23.8 Å². The number of nitrogens with one attached hydrogen (secondary N) is 2. The Morgan fingerprint density at radius 1 is 1.42 bits per heavy atom. The third-order valence-electron chi connectivity index (χ3n) is 3.49. The summed E-state index contributed by atoms with van der Waals surface area (Å²) in [6.07, 6.45) is 1.71. The van der Waals surface area contributed by atoms with Gasteiger partial charge in [0.15, 0.2) is 0 Å². The summed E-state index contributed by atoms with van der Waals surface area (Å²) in [6.45, 7) is 6.19. The molecule has 2 atom stereocenters. The Morgan fingerprint density at radius 2 is 2.16 bits per heavy atom. The average molecular weight is 278 g/mol. The first-order chi connectivity index (χ1) is 9.10. The van der Waals surface area contributed by atoms with Crippen LogP contribution < -0.4 is 10.6 Å². The van der Waals surface area contributed by atoms with E-state index in [0.717, 1.165) is 27.9 Å². The molecule has 2 rings (SSSR count). The molecule has 104 valence electrons. The van der Waals surface area contributed by atoms with Crippen molar-refractivity contribution in [2.24, 2.45) is 0 Å². The normalized spacial score (nSPS) is 22.3. The summed E-state index contributed by atoms with van der Waals surface area (Å²) in [5, 5.41) is 7.29. The molecule has 3 nitrogen and oxygen atoms in total. The number of anilines is 2. The minimum Gasteiger partial charge on any atom is -0.381 e. The molecule has 19 heavy (non-hydrogen) atoms. The fraction of sp³-hybridized carbons (Fsp3) is 0.533. The number of carbonyl (C=O) groups is 1. The van der Waals surface area contributed by atoms with Gasteiger partial charge in [0.05, 0.1) is 0 Å². The Hall–Kier alpha value is -1.16. The lowest BCUT2D eigenvalue weighted by atomic mass is 10.1. The summed E-state index contributed by atoms with van der Waals surface area (Å²) in [6, 6.07) is 6.58. The van der Waals surface area contributed by atoms with Crippen LogP contribution >= 0.6 is 11.8 Å². The first-order valence-corrected chi connectivity index (χ1v) is 7.92. The van der Waals surface area contributed by atoms with E-state index in [1.165, 1.54) is 6.42 Å². The highest BCUT2D eigenvalue weighted by Gasteiger charge is 2.22. The van der Waals surface area contributed by atoms with Crippen LogP contribution in [0, 0.1) is 6.92 Å². The van der Waals surface area contributed by atoms with Gasteiger partial charge in [-0.15, -0.1) is 0 Å². The second-order valence-electron chi connectivity index (χ2n) is 5.10. The second kappa shape index (κ2) is 6.33. The summed E-state index contributed by atoms with van der Waals surface area (Å²) >= 11 is 2.02. The van der Waals surface area contributed by atoms with Crippen LogP contribution in [0.1, 0.15) is 32.3 Å². The Kier molecular flexibility index (Phi) is 4.75. The van der Waals surface area contributed by atoms with Crippen LogP contribution in [0.4, 0.5) is 11.4 Å². The molecule has 0 spiro atoms. The molecule has 1 aliphatic rings. The molecule has 0 aliphatic carbocycles. The molecular formula is C15H22N2OS. The monoisotopic (exact) mass is 278 g/mol. The maximum absolute atomic E-state index is 11.5. The number of benzene rings is 1. The molecule has 1 aromatic rings. The van der Waals surface area contributed by atoms with Gasteiger partial charge in [-0.25, -0.2) is 0 Å². The van der Waals surface area contributed by atoms with E-state index in [-0.39, 0.29) is 5.91 Å². The van der Waals surface area contributed by atoms with Gasteiger partial charge >= 0.3 is 0 Å². The third-order valence-corrected chi connectivity index (χ3v) is 4.84. The Morgan fingerprint density at radius 3 is 2.79 bits per heavy atom. The van der Waals surface area contributed by atoms with Crippen molar-refractivity contribution in [2.45, 2.75) is 44.9 Å². The molecule has 2 unspecified atom stereocenters. The van der Waals surface area contributed by atoms with Crippen LogP contribution in [-0.2, 0) is 4.79 Å². The van der Waals surface area contributed by atoms with Gasteiger partial charge in [-0.1, -0.05) is 19.9 Å². The fourth-order valence-corrected chi connectivity index (χ4v) is 3.45. The first-order valence-electron chi connectivity index (χ1n) is 6.87. The molecule has 1 aromatic carbocycles. The molecule has 4 heteroatoms. The van der Waals surface area contributed by atoms with Crippen LogP contribution in [0.3, 0.4) is 0 Å². The maximum atomic E-state index is 11.5. The minimum absolute atomic E-state index is 0.0605. The molecule has 2 N–H and O–H groups in total. The van der Waals surface area contributed by atoms with Gasteiger partial charge in [0.2, 0.25) is 5.91 Å². The van der Waals surface area contributed by atoms with E-state index < -0.39 is 0 Å². The van der Waals surface area contributed by atoms with E-state index in [1.807, 2.05) is 30.8 Å². The van der Waals surface area contributed by atoms with Crippen molar-refractivity contribution in [3.8, 4) is 0 Å². The minimum atomic E-state index is 0.0605. The van der Waals surface area contributed by atoms with Crippen molar-refractivity contribution in [1.29, 1.82) is 0 Å². The summed E-state index contributed by atoms with van der Waals surface area (Å²) in [4.78, 5) is 11.5. The SMILES string of the molecule is CCC(=O)Nc1cccc(NC2CSC(C)C2)c1C. The largest absolute Gasteiger partial charge is 0.381 e. The molecule has 1 amide bonds. The van der Waals surface area contributed by atoms with Crippen molar-refractivity contribution in [3.63, 3.8) is 0 Å². The average Bonchev–Trinajstić information content (AvgIpc) is 2.79. The smallest absolute Gasteiger partial charge is 0.224 e. The van der Waals surface area contributed by atoms with Crippen LogP contribution in [-0.4, -0.2) is 23.0 Å². The lowest BCUT2D eigenvalue weighted by Crippen LogP contribution is -2.20. The van der Waals surface area contributed by atoms with Gasteiger partial charge in [0, 0.05) is 34.8 Å². The first kappa shape index (κ1) is 14.3.